The lowest BCUT2D eigenvalue weighted by molar-refractivity contribution is -0.136. The minimum absolute atomic E-state index is 0.0737. The fourth-order valence-corrected chi connectivity index (χ4v) is 10.2. The monoisotopic (exact) mass is 802 g/mol. The molecule has 9 rings (SSSR count). The molecule has 2 atom stereocenters. The number of likely N-dealkylation sites (tertiary alicyclic amines) is 1. The fourth-order valence-electron chi connectivity index (χ4n) is 9.97. The molecule has 0 aliphatic carbocycles. The second-order valence-electron chi connectivity index (χ2n) is 16.9. The van der Waals surface area contributed by atoms with E-state index in [0.717, 1.165) is 125 Å². The summed E-state index contributed by atoms with van der Waals surface area (Å²) in [5, 5.41) is 12.0. The summed E-state index contributed by atoms with van der Waals surface area (Å²) in [7, 11) is 0. The first-order chi connectivity index (χ1) is 28.1. The summed E-state index contributed by atoms with van der Waals surface area (Å²) in [5.74, 6) is -1.29. The van der Waals surface area contributed by atoms with Gasteiger partial charge < -0.3 is 19.6 Å². The molecule has 0 radical (unpaired) electrons. The van der Waals surface area contributed by atoms with E-state index >= 15 is 0 Å². The molecule has 300 valence electrons. The van der Waals surface area contributed by atoms with Crippen LogP contribution in [0.3, 0.4) is 0 Å². The third-order valence-electron chi connectivity index (χ3n) is 13.4. The van der Waals surface area contributed by atoms with Crippen LogP contribution in [0.15, 0.2) is 60.7 Å². The highest BCUT2D eigenvalue weighted by Gasteiger charge is 2.46. The standard InChI is InChI=1S/C44H47ClN8O5/c45-37-24-34(6-3-31(37)25-46)51-17-13-44(27-51)14-18-52(28-44)41(56)30-1-4-32(5-2-30)50-21-19-48(20-22-50)26-29-11-15-49(16-12-29)33-7-8-35-36(23-33)43(58)53(42(35)57)38-9-10-39(54)47-40(38)55/h1-8,23-24,29,38H,9-22,26-28H2,(H,47,54,55). The van der Waals surface area contributed by atoms with E-state index < -0.39 is 23.8 Å². The summed E-state index contributed by atoms with van der Waals surface area (Å²) >= 11 is 6.32. The van der Waals surface area contributed by atoms with E-state index in [-0.39, 0.29) is 30.1 Å². The maximum Gasteiger partial charge on any atom is 0.262 e. The van der Waals surface area contributed by atoms with Crippen LogP contribution in [0, 0.1) is 22.7 Å². The fraction of sp³-hybridized carbons (Fsp3) is 0.455. The smallest absolute Gasteiger partial charge is 0.262 e. The zero-order valence-electron chi connectivity index (χ0n) is 32.5. The van der Waals surface area contributed by atoms with E-state index in [0.29, 0.717) is 27.6 Å². The second kappa shape index (κ2) is 15.4. The number of piperidine rings is 2. The third kappa shape index (κ3) is 7.17. The molecule has 0 saturated carbocycles. The van der Waals surface area contributed by atoms with Crippen molar-refractivity contribution in [1.29, 1.82) is 5.26 Å². The Morgan fingerprint density at radius 3 is 2.14 bits per heavy atom. The highest BCUT2D eigenvalue weighted by Crippen LogP contribution is 2.42. The van der Waals surface area contributed by atoms with Gasteiger partial charge in [-0.05, 0) is 98.7 Å². The minimum atomic E-state index is -0.967. The van der Waals surface area contributed by atoms with Crippen molar-refractivity contribution in [3.05, 3.63) is 87.9 Å². The Kier molecular flexibility index (Phi) is 10.1. The Morgan fingerprint density at radius 2 is 1.41 bits per heavy atom. The summed E-state index contributed by atoms with van der Waals surface area (Å²) < 4.78 is 0. The van der Waals surface area contributed by atoms with Crippen LogP contribution in [-0.4, -0.2) is 122 Å². The molecule has 5 fully saturated rings. The van der Waals surface area contributed by atoms with Crippen LogP contribution >= 0.6 is 11.6 Å². The molecular weight excluding hydrogens is 756 g/mol. The van der Waals surface area contributed by atoms with Crippen LogP contribution < -0.4 is 20.0 Å². The molecular formula is C44H47ClN8O5. The van der Waals surface area contributed by atoms with Crippen LogP contribution in [0.5, 0.6) is 0 Å². The van der Waals surface area contributed by atoms with Gasteiger partial charge in [0, 0.05) is 106 Å². The van der Waals surface area contributed by atoms with Gasteiger partial charge in [0.1, 0.15) is 12.1 Å². The van der Waals surface area contributed by atoms with E-state index in [4.69, 9.17) is 11.6 Å². The number of nitrogens with one attached hydrogen (secondary N) is 1. The number of piperazine rings is 1. The summed E-state index contributed by atoms with van der Waals surface area (Å²) in [6, 6.07) is 20.3. The number of rotatable bonds is 7. The zero-order chi connectivity index (χ0) is 40.1. The van der Waals surface area contributed by atoms with Gasteiger partial charge in [0.15, 0.2) is 0 Å². The Bertz CT molecular complexity index is 2210. The lowest BCUT2D eigenvalue weighted by Gasteiger charge is -2.40. The molecule has 5 saturated heterocycles. The Morgan fingerprint density at radius 1 is 0.741 bits per heavy atom. The van der Waals surface area contributed by atoms with E-state index in [1.807, 2.05) is 35.2 Å². The first-order valence-corrected chi connectivity index (χ1v) is 20.9. The number of amides is 5. The molecule has 14 heteroatoms. The average molecular weight is 803 g/mol. The van der Waals surface area contributed by atoms with Gasteiger partial charge in [-0.3, -0.25) is 39.1 Å². The Labute approximate surface area is 343 Å². The lowest BCUT2D eigenvalue weighted by Crippen LogP contribution is -2.54. The normalized spacial score (nSPS) is 24.2. The molecule has 2 unspecified atom stereocenters. The molecule has 1 N–H and O–H groups in total. The van der Waals surface area contributed by atoms with Crippen molar-refractivity contribution in [2.45, 2.75) is 44.6 Å². The summed E-state index contributed by atoms with van der Waals surface area (Å²) in [6.07, 6.45) is 4.31. The maximum atomic E-state index is 13.6. The number of imide groups is 2. The minimum Gasteiger partial charge on any atom is -0.371 e. The number of hydrogen-bond acceptors (Lipinski definition) is 10. The number of benzene rings is 3. The van der Waals surface area contributed by atoms with Crippen molar-refractivity contribution >= 4 is 58.2 Å². The first-order valence-electron chi connectivity index (χ1n) is 20.5. The number of carbonyl (C=O) groups is 5. The molecule has 5 amide bonds. The zero-order valence-corrected chi connectivity index (χ0v) is 33.3. The summed E-state index contributed by atoms with van der Waals surface area (Å²) in [6.45, 7) is 9.88. The largest absolute Gasteiger partial charge is 0.371 e. The molecule has 1 spiro atoms. The maximum absolute atomic E-state index is 13.6. The average Bonchev–Trinajstić information content (AvgIpc) is 3.93. The van der Waals surface area contributed by atoms with Crippen molar-refractivity contribution < 1.29 is 24.0 Å². The van der Waals surface area contributed by atoms with Crippen molar-refractivity contribution in [2.24, 2.45) is 11.3 Å². The number of anilines is 3. The highest BCUT2D eigenvalue weighted by atomic mass is 35.5. The molecule has 0 bridgehead atoms. The van der Waals surface area contributed by atoms with Crippen molar-refractivity contribution in [3.8, 4) is 6.07 Å². The van der Waals surface area contributed by atoms with Crippen molar-refractivity contribution in [1.82, 2.24) is 20.0 Å². The molecule has 13 nitrogen and oxygen atoms in total. The van der Waals surface area contributed by atoms with Gasteiger partial charge in [-0.25, -0.2) is 0 Å². The number of halogens is 1. The number of carbonyl (C=O) groups excluding carboxylic acids is 5. The molecule has 3 aromatic rings. The van der Waals surface area contributed by atoms with E-state index in [1.54, 1.807) is 18.2 Å². The van der Waals surface area contributed by atoms with E-state index in [9.17, 15) is 29.2 Å². The Balaban J connectivity index is 0.725. The third-order valence-corrected chi connectivity index (χ3v) is 13.7. The van der Waals surface area contributed by atoms with Crippen LogP contribution in [0.25, 0.3) is 0 Å². The van der Waals surface area contributed by atoms with Gasteiger partial charge in [0.25, 0.3) is 17.7 Å². The molecule has 3 aromatic carbocycles. The molecule has 58 heavy (non-hydrogen) atoms. The summed E-state index contributed by atoms with van der Waals surface area (Å²) in [5.41, 5.74) is 4.98. The van der Waals surface area contributed by atoms with Crippen LogP contribution in [0.4, 0.5) is 17.1 Å². The number of nitrogens with zero attached hydrogens (tertiary/aromatic N) is 7. The van der Waals surface area contributed by atoms with Gasteiger partial charge >= 0.3 is 0 Å². The second-order valence-corrected chi connectivity index (χ2v) is 17.3. The van der Waals surface area contributed by atoms with Gasteiger partial charge in [-0.1, -0.05) is 11.6 Å². The van der Waals surface area contributed by atoms with Crippen molar-refractivity contribution in [3.63, 3.8) is 0 Å². The predicted molar refractivity (Wildman–Crippen MR) is 219 cm³/mol. The summed E-state index contributed by atoms with van der Waals surface area (Å²) in [4.78, 5) is 76.7. The topological polar surface area (TPSA) is 141 Å². The lowest BCUT2D eigenvalue weighted by atomic mass is 9.86. The van der Waals surface area contributed by atoms with Crippen molar-refractivity contribution in [2.75, 3.05) is 86.7 Å². The van der Waals surface area contributed by atoms with Gasteiger partial charge in [0.05, 0.1) is 21.7 Å². The molecule has 6 heterocycles. The molecule has 6 aliphatic heterocycles. The number of hydrogen-bond donors (Lipinski definition) is 1. The first kappa shape index (κ1) is 38.1. The van der Waals surface area contributed by atoms with Gasteiger partial charge in [0.2, 0.25) is 11.8 Å². The Hall–Kier alpha value is -5.45. The van der Waals surface area contributed by atoms with Gasteiger partial charge in [-0.15, -0.1) is 0 Å². The molecule has 6 aliphatic rings. The predicted octanol–water partition coefficient (Wildman–Crippen LogP) is 4.39. The highest BCUT2D eigenvalue weighted by molar-refractivity contribution is 6.32. The SMILES string of the molecule is N#Cc1ccc(N2CCC3(CCN(C(=O)c4ccc(N5CCN(CC6CCN(c7ccc8c(c7)C(=O)N(C7CCC(=O)NC7=O)C8=O)CC6)CC5)cc4)C3)C2)cc1Cl. The van der Waals surface area contributed by atoms with Crippen LogP contribution in [0.1, 0.15) is 75.2 Å². The van der Waals surface area contributed by atoms with Gasteiger partial charge in [-0.2, -0.15) is 5.26 Å². The van der Waals surface area contributed by atoms with Crippen LogP contribution in [-0.2, 0) is 9.59 Å². The van der Waals surface area contributed by atoms with E-state index in [2.05, 4.69) is 43.1 Å². The number of fused-ring (bicyclic) bond motifs is 1. The quantitative estimate of drug-likeness (QED) is 0.342. The van der Waals surface area contributed by atoms with E-state index in [1.165, 1.54) is 0 Å². The molecule has 0 aromatic heterocycles. The van der Waals surface area contributed by atoms with Crippen LogP contribution in [0.2, 0.25) is 5.02 Å². The number of nitriles is 1.